The van der Waals surface area contributed by atoms with Gasteiger partial charge in [-0.1, -0.05) is 20.3 Å². The standard InChI is InChI=1S/C18H23NO7/c1-4-11(2)16(18(22)23-3)19-15(20)10-26-17(21)12-5-6-13-14(9-12)25-8-7-24-13/h5-6,9,11,16H,4,7-8,10H2,1-3H3,(H,19,20). The Hall–Kier alpha value is -2.77. The van der Waals surface area contributed by atoms with Crippen molar-refractivity contribution in [1.29, 1.82) is 0 Å². The molecule has 0 saturated heterocycles. The molecular formula is C18H23NO7. The second-order valence-corrected chi connectivity index (χ2v) is 5.89. The molecule has 1 aliphatic heterocycles. The summed E-state index contributed by atoms with van der Waals surface area (Å²) < 4.78 is 20.5. The fourth-order valence-corrected chi connectivity index (χ4v) is 2.40. The number of hydrogen-bond acceptors (Lipinski definition) is 7. The first-order valence-electron chi connectivity index (χ1n) is 8.40. The van der Waals surface area contributed by atoms with Crippen molar-refractivity contribution in [1.82, 2.24) is 5.32 Å². The molecule has 8 nitrogen and oxygen atoms in total. The van der Waals surface area contributed by atoms with E-state index in [2.05, 4.69) is 5.32 Å². The third-order valence-corrected chi connectivity index (χ3v) is 4.10. The third-order valence-electron chi connectivity index (χ3n) is 4.10. The van der Waals surface area contributed by atoms with Gasteiger partial charge in [0.25, 0.3) is 5.91 Å². The molecule has 0 fully saturated rings. The lowest BCUT2D eigenvalue weighted by molar-refractivity contribution is -0.147. The Balaban J connectivity index is 1.91. The van der Waals surface area contributed by atoms with E-state index in [4.69, 9.17) is 18.9 Å². The monoisotopic (exact) mass is 365 g/mol. The summed E-state index contributed by atoms with van der Waals surface area (Å²) in [5, 5.41) is 2.54. The third kappa shape index (κ3) is 4.87. The molecule has 0 saturated carbocycles. The number of rotatable bonds is 7. The van der Waals surface area contributed by atoms with E-state index in [-0.39, 0.29) is 11.5 Å². The molecule has 2 atom stereocenters. The summed E-state index contributed by atoms with van der Waals surface area (Å²) in [5.74, 6) is -0.884. The topological polar surface area (TPSA) is 100 Å². The number of nitrogens with one attached hydrogen (secondary N) is 1. The van der Waals surface area contributed by atoms with Crippen LogP contribution in [-0.2, 0) is 19.1 Å². The quantitative estimate of drug-likeness (QED) is 0.727. The van der Waals surface area contributed by atoms with Crippen molar-refractivity contribution >= 4 is 17.8 Å². The molecule has 1 aromatic rings. The first kappa shape index (κ1) is 19.6. The zero-order valence-electron chi connectivity index (χ0n) is 15.1. The van der Waals surface area contributed by atoms with Gasteiger partial charge in [0.1, 0.15) is 19.3 Å². The lowest BCUT2D eigenvalue weighted by Crippen LogP contribution is -2.47. The fourth-order valence-electron chi connectivity index (χ4n) is 2.40. The molecule has 0 radical (unpaired) electrons. The number of hydrogen-bond donors (Lipinski definition) is 1. The van der Waals surface area contributed by atoms with Crippen LogP contribution in [-0.4, -0.2) is 50.8 Å². The van der Waals surface area contributed by atoms with Gasteiger partial charge in [0.2, 0.25) is 0 Å². The average molecular weight is 365 g/mol. The maximum atomic E-state index is 12.1. The Morgan fingerprint density at radius 3 is 2.54 bits per heavy atom. The molecule has 1 N–H and O–H groups in total. The normalized spacial score (nSPS) is 14.7. The average Bonchev–Trinajstić information content (AvgIpc) is 2.68. The van der Waals surface area contributed by atoms with Crippen molar-refractivity contribution in [2.75, 3.05) is 26.9 Å². The lowest BCUT2D eigenvalue weighted by Gasteiger charge is -2.21. The van der Waals surface area contributed by atoms with Crippen molar-refractivity contribution in [3.05, 3.63) is 23.8 Å². The number of amides is 1. The maximum absolute atomic E-state index is 12.1. The molecular weight excluding hydrogens is 342 g/mol. The summed E-state index contributed by atoms with van der Waals surface area (Å²) in [6, 6.07) is 3.86. The number of esters is 2. The maximum Gasteiger partial charge on any atom is 0.338 e. The van der Waals surface area contributed by atoms with Crippen molar-refractivity contribution in [3.8, 4) is 11.5 Å². The van der Waals surface area contributed by atoms with Gasteiger partial charge in [-0.15, -0.1) is 0 Å². The van der Waals surface area contributed by atoms with Gasteiger partial charge in [-0.05, 0) is 24.1 Å². The highest BCUT2D eigenvalue weighted by Gasteiger charge is 2.27. The molecule has 1 aliphatic rings. The van der Waals surface area contributed by atoms with Crippen LogP contribution in [0.2, 0.25) is 0 Å². The smallest absolute Gasteiger partial charge is 0.338 e. The molecule has 8 heteroatoms. The minimum atomic E-state index is -0.787. The SMILES string of the molecule is CCC(C)C(NC(=O)COC(=O)c1ccc2c(c1)OCCO2)C(=O)OC. The van der Waals surface area contributed by atoms with Gasteiger partial charge in [0.05, 0.1) is 12.7 Å². The Kier molecular flexibility index (Phi) is 6.82. The van der Waals surface area contributed by atoms with Crippen molar-refractivity contribution in [2.24, 2.45) is 5.92 Å². The van der Waals surface area contributed by atoms with Crippen LogP contribution in [0.1, 0.15) is 30.6 Å². The second-order valence-electron chi connectivity index (χ2n) is 5.89. The molecule has 0 spiro atoms. The minimum absolute atomic E-state index is 0.111. The highest BCUT2D eigenvalue weighted by molar-refractivity contribution is 5.92. The largest absolute Gasteiger partial charge is 0.486 e. The van der Waals surface area contributed by atoms with Crippen molar-refractivity contribution in [2.45, 2.75) is 26.3 Å². The fraction of sp³-hybridized carbons (Fsp3) is 0.500. The zero-order valence-corrected chi connectivity index (χ0v) is 15.1. The summed E-state index contributed by atoms with van der Waals surface area (Å²) in [5.41, 5.74) is 0.244. The van der Waals surface area contributed by atoms with Crippen LogP contribution in [0.25, 0.3) is 0 Å². The number of fused-ring (bicyclic) bond motifs is 1. The Labute approximate surface area is 151 Å². The van der Waals surface area contributed by atoms with Crippen LogP contribution < -0.4 is 14.8 Å². The van der Waals surface area contributed by atoms with Gasteiger partial charge in [-0.25, -0.2) is 9.59 Å². The molecule has 26 heavy (non-hydrogen) atoms. The Bertz CT molecular complexity index is 674. The van der Waals surface area contributed by atoms with Gasteiger partial charge in [0, 0.05) is 0 Å². The Morgan fingerprint density at radius 2 is 1.88 bits per heavy atom. The van der Waals surface area contributed by atoms with Gasteiger partial charge in [-0.3, -0.25) is 4.79 Å². The lowest BCUT2D eigenvalue weighted by atomic mass is 9.99. The predicted octanol–water partition coefficient (Wildman–Crippen LogP) is 1.32. The van der Waals surface area contributed by atoms with Crippen LogP contribution in [0.3, 0.4) is 0 Å². The first-order valence-corrected chi connectivity index (χ1v) is 8.40. The van der Waals surface area contributed by atoms with Gasteiger partial charge in [-0.2, -0.15) is 0 Å². The van der Waals surface area contributed by atoms with E-state index in [1.807, 2.05) is 13.8 Å². The molecule has 0 bridgehead atoms. The van der Waals surface area contributed by atoms with E-state index in [0.717, 1.165) is 0 Å². The van der Waals surface area contributed by atoms with Gasteiger partial charge < -0.3 is 24.3 Å². The van der Waals surface area contributed by atoms with Gasteiger partial charge in [0.15, 0.2) is 18.1 Å². The zero-order chi connectivity index (χ0) is 19.1. The predicted molar refractivity (Wildman–Crippen MR) is 91.1 cm³/mol. The molecule has 2 unspecified atom stereocenters. The Morgan fingerprint density at radius 1 is 1.19 bits per heavy atom. The molecule has 2 rings (SSSR count). The number of ether oxygens (including phenoxy) is 4. The molecule has 1 amide bonds. The second kappa shape index (κ2) is 9.07. The van der Waals surface area contributed by atoms with E-state index in [1.54, 1.807) is 6.07 Å². The summed E-state index contributed by atoms with van der Waals surface area (Å²) >= 11 is 0. The van der Waals surface area contributed by atoms with E-state index < -0.39 is 30.5 Å². The first-order chi connectivity index (χ1) is 12.5. The molecule has 1 heterocycles. The van der Waals surface area contributed by atoms with E-state index >= 15 is 0 Å². The highest BCUT2D eigenvalue weighted by Crippen LogP contribution is 2.30. The van der Waals surface area contributed by atoms with Crippen LogP contribution in [0.4, 0.5) is 0 Å². The number of methoxy groups -OCH3 is 1. The van der Waals surface area contributed by atoms with E-state index in [9.17, 15) is 14.4 Å². The van der Waals surface area contributed by atoms with Gasteiger partial charge >= 0.3 is 11.9 Å². The van der Waals surface area contributed by atoms with Crippen molar-refractivity contribution in [3.63, 3.8) is 0 Å². The molecule has 142 valence electrons. The molecule has 0 aromatic heterocycles. The van der Waals surface area contributed by atoms with Crippen molar-refractivity contribution < 1.29 is 33.3 Å². The van der Waals surface area contributed by atoms with Crippen LogP contribution in [0.15, 0.2) is 18.2 Å². The van der Waals surface area contributed by atoms with E-state index in [0.29, 0.717) is 31.1 Å². The summed E-state index contributed by atoms with van der Waals surface area (Å²) in [6.45, 7) is 4.07. The molecule has 0 aliphatic carbocycles. The number of carbonyl (C=O) groups excluding carboxylic acids is 3. The summed E-state index contributed by atoms with van der Waals surface area (Å²) in [7, 11) is 1.26. The molecule has 1 aromatic carbocycles. The van der Waals surface area contributed by atoms with Crippen LogP contribution in [0, 0.1) is 5.92 Å². The van der Waals surface area contributed by atoms with Crippen LogP contribution in [0.5, 0.6) is 11.5 Å². The summed E-state index contributed by atoms with van der Waals surface area (Å²) in [6.07, 6.45) is 0.678. The van der Waals surface area contributed by atoms with Crippen LogP contribution >= 0.6 is 0 Å². The highest BCUT2D eigenvalue weighted by atomic mass is 16.6. The minimum Gasteiger partial charge on any atom is -0.486 e. The summed E-state index contributed by atoms with van der Waals surface area (Å²) in [4.78, 5) is 35.9. The number of carbonyl (C=O) groups is 3. The van der Waals surface area contributed by atoms with E-state index in [1.165, 1.54) is 19.2 Å². The number of benzene rings is 1.